The molecule has 0 saturated carbocycles. The molecule has 0 atom stereocenters. The van der Waals surface area contributed by atoms with Gasteiger partial charge in [0.05, 0.1) is 11.4 Å². The van der Waals surface area contributed by atoms with E-state index in [2.05, 4.69) is 45.6 Å². The molecule has 5 heteroatoms. The van der Waals surface area contributed by atoms with Gasteiger partial charge in [0, 0.05) is 27.5 Å². The SMILES string of the molecule is Cc1cn2c(CCN)c(-c3ccc(Br)cc3)nc2s1. The van der Waals surface area contributed by atoms with E-state index in [0.717, 1.165) is 27.1 Å². The molecule has 0 amide bonds. The van der Waals surface area contributed by atoms with E-state index in [1.54, 1.807) is 11.3 Å². The van der Waals surface area contributed by atoms with Gasteiger partial charge in [0.1, 0.15) is 0 Å². The van der Waals surface area contributed by atoms with Crippen molar-refractivity contribution >= 4 is 32.2 Å². The Balaban J connectivity index is 2.19. The first-order chi connectivity index (χ1) is 9.19. The average molecular weight is 336 g/mol. The fraction of sp³-hybridized carbons (Fsp3) is 0.214. The number of imidazole rings is 1. The summed E-state index contributed by atoms with van der Waals surface area (Å²) in [5, 5.41) is 0. The van der Waals surface area contributed by atoms with Crippen molar-refractivity contribution in [1.29, 1.82) is 0 Å². The molecule has 2 N–H and O–H groups in total. The fourth-order valence-corrected chi connectivity index (χ4v) is 3.32. The zero-order chi connectivity index (χ0) is 13.4. The smallest absolute Gasteiger partial charge is 0.194 e. The van der Waals surface area contributed by atoms with Crippen molar-refractivity contribution in [2.45, 2.75) is 13.3 Å². The predicted octanol–water partition coefficient (Wildman–Crippen LogP) is 3.63. The second-order valence-electron chi connectivity index (χ2n) is 4.45. The summed E-state index contributed by atoms with van der Waals surface area (Å²) >= 11 is 5.17. The van der Waals surface area contributed by atoms with Gasteiger partial charge in [-0.2, -0.15) is 0 Å². The Hall–Kier alpha value is -1.17. The van der Waals surface area contributed by atoms with Crippen molar-refractivity contribution in [2.24, 2.45) is 5.73 Å². The van der Waals surface area contributed by atoms with E-state index in [9.17, 15) is 0 Å². The van der Waals surface area contributed by atoms with Crippen molar-refractivity contribution in [2.75, 3.05) is 6.54 Å². The second kappa shape index (κ2) is 5.07. The summed E-state index contributed by atoms with van der Waals surface area (Å²) in [6.45, 7) is 2.73. The van der Waals surface area contributed by atoms with Crippen molar-refractivity contribution in [3.05, 3.63) is 45.5 Å². The first kappa shape index (κ1) is 12.8. The van der Waals surface area contributed by atoms with Crippen molar-refractivity contribution in [1.82, 2.24) is 9.38 Å². The molecule has 0 fully saturated rings. The first-order valence-corrected chi connectivity index (χ1v) is 7.73. The van der Waals surface area contributed by atoms with E-state index in [-0.39, 0.29) is 0 Å². The van der Waals surface area contributed by atoms with Gasteiger partial charge in [-0.25, -0.2) is 4.98 Å². The Morgan fingerprint density at radius 3 is 2.74 bits per heavy atom. The molecule has 0 aliphatic rings. The topological polar surface area (TPSA) is 43.3 Å². The maximum absolute atomic E-state index is 5.74. The van der Waals surface area contributed by atoms with Crippen LogP contribution in [-0.4, -0.2) is 15.9 Å². The first-order valence-electron chi connectivity index (χ1n) is 6.12. The zero-order valence-electron chi connectivity index (χ0n) is 10.6. The van der Waals surface area contributed by atoms with Gasteiger partial charge in [0.25, 0.3) is 0 Å². The maximum atomic E-state index is 5.74. The Labute approximate surface area is 124 Å². The highest BCUT2D eigenvalue weighted by Gasteiger charge is 2.15. The Bertz CT molecular complexity index is 712. The van der Waals surface area contributed by atoms with Crippen molar-refractivity contribution in [3.63, 3.8) is 0 Å². The van der Waals surface area contributed by atoms with E-state index in [1.165, 1.54) is 10.6 Å². The second-order valence-corrected chi connectivity index (χ2v) is 6.58. The fourth-order valence-electron chi connectivity index (χ4n) is 2.22. The monoisotopic (exact) mass is 335 g/mol. The third-order valence-electron chi connectivity index (χ3n) is 3.04. The van der Waals surface area contributed by atoms with E-state index >= 15 is 0 Å². The molecule has 0 radical (unpaired) electrons. The molecule has 3 rings (SSSR count). The third-order valence-corrected chi connectivity index (χ3v) is 4.47. The molecule has 2 aromatic heterocycles. The molecule has 0 spiro atoms. The average Bonchev–Trinajstić information content (AvgIpc) is 2.89. The molecule has 0 bridgehead atoms. The number of nitrogens with two attached hydrogens (primary N) is 1. The van der Waals surface area contributed by atoms with Crippen LogP contribution in [0, 0.1) is 6.92 Å². The van der Waals surface area contributed by atoms with Gasteiger partial charge in [0.2, 0.25) is 0 Å². The summed E-state index contributed by atoms with van der Waals surface area (Å²) in [7, 11) is 0. The van der Waals surface area contributed by atoms with Gasteiger partial charge >= 0.3 is 0 Å². The number of fused-ring (bicyclic) bond motifs is 1. The Kier molecular flexibility index (Phi) is 3.43. The van der Waals surface area contributed by atoms with Crippen LogP contribution >= 0.6 is 27.3 Å². The summed E-state index contributed by atoms with van der Waals surface area (Å²) in [5.41, 5.74) is 9.13. The number of halogens is 1. The van der Waals surface area contributed by atoms with Crippen molar-refractivity contribution in [3.8, 4) is 11.3 Å². The molecule has 0 unspecified atom stereocenters. The molecular weight excluding hydrogens is 322 g/mol. The van der Waals surface area contributed by atoms with Crippen LogP contribution in [0.5, 0.6) is 0 Å². The number of nitrogens with zero attached hydrogens (tertiary/aromatic N) is 2. The molecular formula is C14H14BrN3S. The van der Waals surface area contributed by atoms with Crippen molar-refractivity contribution < 1.29 is 0 Å². The van der Waals surface area contributed by atoms with Crippen LogP contribution in [0.3, 0.4) is 0 Å². The highest BCUT2D eigenvalue weighted by Crippen LogP contribution is 2.29. The number of hydrogen-bond acceptors (Lipinski definition) is 3. The molecule has 2 heterocycles. The molecule has 3 nitrogen and oxygen atoms in total. The number of aromatic nitrogens is 2. The maximum Gasteiger partial charge on any atom is 0.194 e. The summed E-state index contributed by atoms with van der Waals surface area (Å²) in [6, 6.07) is 8.26. The molecule has 98 valence electrons. The highest BCUT2D eigenvalue weighted by atomic mass is 79.9. The lowest BCUT2D eigenvalue weighted by Crippen LogP contribution is -2.05. The predicted molar refractivity (Wildman–Crippen MR) is 83.7 cm³/mol. The molecule has 19 heavy (non-hydrogen) atoms. The van der Waals surface area contributed by atoms with Crippen LogP contribution in [0.1, 0.15) is 10.6 Å². The van der Waals surface area contributed by atoms with Gasteiger partial charge in [-0.05, 0) is 25.6 Å². The minimum absolute atomic E-state index is 0.631. The molecule has 0 aliphatic carbocycles. The van der Waals surface area contributed by atoms with Gasteiger partial charge < -0.3 is 5.73 Å². The quantitative estimate of drug-likeness (QED) is 0.794. The largest absolute Gasteiger partial charge is 0.330 e. The van der Waals surface area contributed by atoms with Crippen LogP contribution in [0.2, 0.25) is 0 Å². The summed E-state index contributed by atoms with van der Waals surface area (Å²) in [4.78, 5) is 7.07. The molecule has 3 aromatic rings. The number of thiazole rings is 1. The zero-order valence-corrected chi connectivity index (χ0v) is 13.0. The normalized spacial score (nSPS) is 11.3. The lowest BCUT2D eigenvalue weighted by atomic mass is 10.1. The van der Waals surface area contributed by atoms with Crippen LogP contribution < -0.4 is 5.73 Å². The number of benzene rings is 1. The molecule has 1 aromatic carbocycles. The van der Waals surface area contributed by atoms with Crippen LogP contribution in [-0.2, 0) is 6.42 Å². The highest BCUT2D eigenvalue weighted by molar-refractivity contribution is 9.10. The summed E-state index contributed by atoms with van der Waals surface area (Å²) < 4.78 is 3.25. The third kappa shape index (κ3) is 2.33. The Morgan fingerprint density at radius 2 is 2.05 bits per heavy atom. The van der Waals surface area contributed by atoms with E-state index < -0.39 is 0 Å². The van der Waals surface area contributed by atoms with E-state index in [1.807, 2.05) is 12.1 Å². The molecule has 0 saturated heterocycles. The number of hydrogen-bond donors (Lipinski definition) is 1. The van der Waals surface area contributed by atoms with Crippen LogP contribution in [0.4, 0.5) is 0 Å². The van der Waals surface area contributed by atoms with Gasteiger partial charge in [-0.3, -0.25) is 4.40 Å². The number of rotatable bonds is 3. The lowest BCUT2D eigenvalue weighted by Gasteiger charge is -2.03. The van der Waals surface area contributed by atoms with E-state index in [0.29, 0.717) is 6.54 Å². The standard InChI is InChI=1S/C14H14BrN3S/c1-9-8-18-12(6-7-16)13(17-14(18)19-9)10-2-4-11(15)5-3-10/h2-5,8H,6-7,16H2,1H3. The van der Waals surface area contributed by atoms with Gasteiger partial charge in [-0.15, -0.1) is 11.3 Å². The number of aryl methyl sites for hydroxylation is 1. The minimum atomic E-state index is 0.631. The van der Waals surface area contributed by atoms with E-state index in [4.69, 9.17) is 10.7 Å². The summed E-state index contributed by atoms with van der Waals surface area (Å²) in [5.74, 6) is 0. The molecule has 0 aliphatic heterocycles. The lowest BCUT2D eigenvalue weighted by molar-refractivity contribution is 0.910. The van der Waals surface area contributed by atoms with Gasteiger partial charge in [0.15, 0.2) is 4.96 Å². The Morgan fingerprint density at radius 1 is 1.32 bits per heavy atom. The van der Waals surface area contributed by atoms with Crippen LogP contribution in [0.15, 0.2) is 34.9 Å². The minimum Gasteiger partial charge on any atom is -0.330 e. The van der Waals surface area contributed by atoms with Gasteiger partial charge in [-0.1, -0.05) is 28.1 Å². The summed E-state index contributed by atoms with van der Waals surface area (Å²) in [6.07, 6.45) is 2.98. The van der Waals surface area contributed by atoms with Crippen LogP contribution in [0.25, 0.3) is 16.2 Å².